The number of rotatable bonds is 5. The lowest BCUT2D eigenvalue weighted by molar-refractivity contribution is 0.0338. The number of hydrogen-bond acceptors (Lipinski definition) is 4. The molecule has 0 bridgehead atoms. The maximum atomic E-state index is 13.9. The molecule has 1 aromatic carbocycles. The van der Waals surface area contributed by atoms with E-state index in [1.807, 2.05) is 37.3 Å². The van der Waals surface area contributed by atoms with Crippen molar-refractivity contribution in [2.24, 2.45) is 5.41 Å². The second kappa shape index (κ2) is 9.55. The number of hydrogen-bond donors (Lipinski definition) is 0. The number of aryl methyl sites for hydroxylation is 2. The average Bonchev–Trinajstić information content (AvgIpc) is 3.45. The van der Waals surface area contributed by atoms with E-state index in [0.717, 1.165) is 53.4 Å². The lowest BCUT2D eigenvalue weighted by Crippen LogP contribution is -2.49. The predicted molar refractivity (Wildman–Crippen MR) is 135 cm³/mol. The lowest BCUT2D eigenvalue weighted by atomic mass is 9.73. The smallest absolute Gasteiger partial charge is 0.274 e. The standard InChI is InChI=1S/C27H30ClN3OS/c1-19-30-24(25(33-19)20-7-3-2-4-8-20)26(32)31-16-15-27(13-5-6-14-27)17-23(31)12-11-22-10-9-21(28)18-29-22/h2-4,7-10,18,23H,5-6,11-17H2,1H3. The topological polar surface area (TPSA) is 46.1 Å². The van der Waals surface area contributed by atoms with Crippen LogP contribution in [0.2, 0.25) is 5.02 Å². The Kier molecular flexibility index (Phi) is 6.53. The number of thiazole rings is 1. The van der Waals surface area contributed by atoms with Crippen molar-refractivity contribution in [1.29, 1.82) is 0 Å². The molecule has 1 amide bonds. The van der Waals surface area contributed by atoms with Crippen molar-refractivity contribution in [3.05, 3.63) is 70.1 Å². The Bertz CT molecular complexity index is 1110. The summed E-state index contributed by atoms with van der Waals surface area (Å²) in [6, 6.07) is 14.3. The second-order valence-electron chi connectivity index (χ2n) is 9.60. The van der Waals surface area contributed by atoms with Crippen molar-refractivity contribution in [1.82, 2.24) is 14.9 Å². The highest BCUT2D eigenvalue weighted by molar-refractivity contribution is 7.15. The van der Waals surface area contributed by atoms with Crippen molar-refractivity contribution in [3.8, 4) is 10.4 Å². The van der Waals surface area contributed by atoms with Crippen LogP contribution in [0.15, 0.2) is 48.7 Å². The van der Waals surface area contributed by atoms with E-state index >= 15 is 0 Å². The van der Waals surface area contributed by atoms with Gasteiger partial charge in [-0.2, -0.15) is 0 Å². The summed E-state index contributed by atoms with van der Waals surface area (Å²) in [5.74, 6) is 0.0834. The SMILES string of the molecule is Cc1nc(C(=O)N2CCC3(CCCC3)CC2CCc2ccc(Cl)cn2)c(-c2ccccc2)s1. The number of amides is 1. The molecule has 33 heavy (non-hydrogen) atoms. The fourth-order valence-corrected chi connectivity index (χ4v) is 6.75. The van der Waals surface area contributed by atoms with Gasteiger partial charge in [0.05, 0.1) is 14.9 Å². The minimum atomic E-state index is 0.0834. The molecule has 1 spiro atoms. The number of benzene rings is 1. The van der Waals surface area contributed by atoms with E-state index in [1.54, 1.807) is 17.5 Å². The highest BCUT2D eigenvalue weighted by atomic mass is 35.5. The summed E-state index contributed by atoms with van der Waals surface area (Å²) < 4.78 is 0. The first-order valence-electron chi connectivity index (χ1n) is 12.0. The number of carbonyl (C=O) groups is 1. The van der Waals surface area contributed by atoms with E-state index in [4.69, 9.17) is 16.6 Å². The third-order valence-electron chi connectivity index (χ3n) is 7.41. The molecule has 0 N–H and O–H groups in total. The van der Waals surface area contributed by atoms with Crippen molar-refractivity contribution >= 4 is 28.8 Å². The monoisotopic (exact) mass is 479 g/mol. The van der Waals surface area contributed by atoms with E-state index in [2.05, 4.69) is 22.0 Å². The van der Waals surface area contributed by atoms with Crippen LogP contribution in [0.3, 0.4) is 0 Å². The Balaban J connectivity index is 1.41. The Morgan fingerprint density at radius 2 is 1.94 bits per heavy atom. The molecule has 172 valence electrons. The third kappa shape index (κ3) is 4.85. The lowest BCUT2D eigenvalue weighted by Gasteiger charge is -2.45. The molecule has 3 heterocycles. The molecule has 5 rings (SSSR count). The van der Waals surface area contributed by atoms with Crippen LogP contribution in [0.5, 0.6) is 0 Å². The Labute approximate surface area is 205 Å². The van der Waals surface area contributed by atoms with Crippen LogP contribution < -0.4 is 0 Å². The molecule has 2 aliphatic rings. The van der Waals surface area contributed by atoms with Crippen molar-refractivity contribution in [3.63, 3.8) is 0 Å². The number of piperidine rings is 1. The van der Waals surface area contributed by atoms with E-state index in [9.17, 15) is 4.79 Å². The van der Waals surface area contributed by atoms with Gasteiger partial charge in [0.15, 0.2) is 0 Å². The van der Waals surface area contributed by atoms with E-state index < -0.39 is 0 Å². The van der Waals surface area contributed by atoms with Gasteiger partial charge in [-0.05, 0) is 68.6 Å². The highest BCUT2D eigenvalue weighted by Gasteiger charge is 2.43. The Hall–Kier alpha value is -2.24. The van der Waals surface area contributed by atoms with Gasteiger partial charge in [0.2, 0.25) is 0 Å². The van der Waals surface area contributed by atoms with Crippen LogP contribution in [0.25, 0.3) is 10.4 Å². The van der Waals surface area contributed by atoms with Crippen molar-refractivity contribution in [2.75, 3.05) is 6.54 Å². The first-order chi connectivity index (χ1) is 16.0. The Morgan fingerprint density at radius 1 is 1.15 bits per heavy atom. The number of nitrogens with zero attached hydrogens (tertiary/aromatic N) is 3. The number of pyridine rings is 1. The molecule has 1 aliphatic heterocycles. The zero-order valence-corrected chi connectivity index (χ0v) is 20.7. The highest BCUT2D eigenvalue weighted by Crippen LogP contribution is 2.49. The normalized spacial score (nSPS) is 19.8. The summed E-state index contributed by atoms with van der Waals surface area (Å²) in [6.07, 6.45) is 10.9. The van der Waals surface area contributed by atoms with Gasteiger partial charge in [-0.15, -0.1) is 11.3 Å². The van der Waals surface area contributed by atoms with Gasteiger partial charge in [0.1, 0.15) is 5.69 Å². The van der Waals surface area contributed by atoms with Crippen LogP contribution >= 0.6 is 22.9 Å². The summed E-state index contributed by atoms with van der Waals surface area (Å²) in [7, 11) is 0. The number of likely N-dealkylation sites (tertiary alicyclic amines) is 1. The second-order valence-corrected chi connectivity index (χ2v) is 11.2. The largest absolute Gasteiger partial charge is 0.334 e. The quantitative estimate of drug-likeness (QED) is 0.397. The van der Waals surface area contributed by atoms with Gasteiger partial charge in [-0.25, -0.2) is 4.98 Å². The number of halogens is 1. The summed E-state index contributed by atoms with van der Waals surface area (Å²) in [5.41, 5.74) is 3.13. The molecule has 1 aliphatic carbocycles. The van der Waals surface area contributed by atoms with E-state index in [-0.39, 0.29) is 11.9 Å². The van der Waals surface area contributed by atoms with Gasteiger partial charge in [0, 0.05) is 24.5 Å². The van der Waals surface area contributed by atoms with Crippen LogP contribution in [-0.4, -0.2) is 33.4 Å². The zero-order valence-electron chi connectivity index (χ0n) is 19.1. The summed E-state index contributed by atoms with van der Waals surface area (Å²) in [6.45, 7) is 2.81. The average molecular weight is 480 g/mol. The molecular formula is C27H30ClN3OS. The maximum absolute atomic E-state index is 13.9. The first kappa shape index (κ1) is 22.5. The predicted octanol–water partition coefficient (Wildman–Crippen LogP) is 6.96. The fourth-order valence-electron chi connectivity index (χ4n) is 5.72. The summed E-state index contributed by atoms with van der Waals surface area (Å²) in [5, 5.41) is 1.59. The van der Waals surface area contributed by atoms with Crippen LogP contribution in [0.1, 0.15) is 66.1 Å². The van der Waals surface area contributed by atoms with E-state index in [1.165, 1.54) is 25.7 Å². The van der Waals surface area contributed by atoms with Gasteiger partial charge in [-0.3, -0.25) is 9.78 Å². The van der Waals surface area contributed by atoms with Gasteiger partial charge in [-0.1, -0.05) is 54.8 Å². The van der Waals surface area contributed by atoms with Crippen molar-refractivity contribution < 1.29 is 4.79 Å². The molecule has 6 heteroatoms. The molecule has 3 aromatic rings. The maximum Gasteiger partial charge on any atom is 0.274 e. The number of carbonyl (C=O) groups excluding carboxylic acids is 1. The molecule has 2 fully saturated rings. The van der Waals surface area contributed by atoms with Gasteiger partial charge < -0.3 is 4.90 Å². The molecule has 0 radical (unpaired) electrons. The Morgan fingerprint density at radius 3 is 2.67 bits per heavy atom. The molecule has 1 saturated heterocycles. The van der Waals surface area contributed by atoms with Crippen molar-refractivity contribution in [2.45, 2.75) is 64.3 Å². The summed E-state index contributed by atoms with van der Waals surface area (Å²) >= 11 is 7.63. The van der Waals surface area contributed by atoms with Crippen LogP contribution in [0.4, 0.5) is 0 Å². The zero-order chi connectivity index (χ0) is 22.8. The van der Waals surface area contributed by atoms with Crippen LogP contribution in [-0.2, 0) is 6.42 Å². The first-order valence-corrected chi connectivity index (χ1v) is 13.2. The third-order valence-corrected chi connectivity index (χ3v) is 8.66. The molecule has 2 aromatic heterocycles. The van der Waals surface area contributed by atoms with Crippen LogP contribution in [0, 0.1) is 12.3 Å². The van der Waals surface area contributed by atoms with Gasteiger partial charge in [0.25, 0.3) is 5.91 Å². The molecule has 1 unspecified atom stereocenters. The van der Waals surface area contributed by atoms with Gasteiger partial charge >= 0.3 is 0 Å². The van der Waals surface area contributed by atoms with E-state index in [0.29, 0.717) is 16.1 Å². The summed E-state index contributed by atoms with van der Waals surface area (Å²) in [4.78, 5) is 26.2. The molecule has 1 atom stereocenters. The minimum absolute atomic E-state index is 0.0834. The molecule has 1 saturated carbocycles. The molecular weight excluding hydrogens is 450 g/mol. The minimum Gasteiger partial charge on any atom is -0.334 e. The molecule has 4 nitrogen and oxygen atoms in total. The number of aromatic nitrogens is 2. The fraction of sp³-hybridized carbons (Fsp3) is 0.444.